The van der Waals surface area contributed by atoms with Crippen molar-refractivity contribution < 1.29 is 9.13 Å². The van der Waals surface area contributed by atoms with Crippen LogP contribution in [-0.2, 0) is 0 Å². The first-order valence-corrected chi connectivity index (χ1v) is 7.84. The van der Waals surface area contributed by atoms with Gasteiger partial charge in [0.25, 0.3) is 0 Å². The summed E-state index contributed by atoms with van der Waals surface area (Å²) in [6.07, 6.45) is -0.262. The van der Waals surface area contributed by atoms with Gasteiger partial charge in [0.2, 0.25) is 0 Å². The maximum absolute atomic E-state index is 13.9. The highest BCUT2D eigenvalue weighted by Crippen LogP contribution is 2.39. The van der Waals surface area contributed by atoms with E-state index in [-0.39, 0.29) is 11.9 Å². The number of hydrogen-bond acceptors (Lipinski definition) is 5. The fourth-order valence-electron chi connectivity index (χ4n) is 2.16. The molecular formula is C15H16FN3OS. The van der Waals surface area contributed by atoms with Crippen molar-refractivity contribution in [3.05, 3.63) is 41.6 Å². The van der Waals surface area contributed by atoms with E-state index < -0.39 is 5.82 Å². The first-order valence-electron chi connectivity index (χ1n) is 6.85. The second kappa shape index (κ2) is 5.89. The monoisotopic (exact) mass is 305 g/mol. The van der Waals surface area contributed by atoms with Crippen LogP contribution in [0.4, 0.5) is 10.2 Å². The van der Waals surface area contributed by atoms with E-state index in [1.807, 2.05) is 31.2 Å². The van der Waals surface area contributed by atoms with Crippen LogP contribution in [0.2, 0.25) is 0 Å². The summed E-state index contributed by atoms with van der Waals surface area (Å²) in [5.41, 5.74) is 0.336. The van der Waals surface area contributed by atoms with E-state index >= 15 is 0 Å². The number of nitrogens with one attached hydrogen (secondary N) is 1. The molecule has 1 unspecified atom stereocenters. The summed E-state index contributed by atoms with van der Waals surface area (Å²) in [7, 11) is 0. The van der Waals surface area contributed by atoms with E-state index in [1.165, 1.54) is 0 Å². The molecule has 110 valence electrons. The summed E-state index contributed by atoms with van der Waals surface area (Å²) in [5.74, 6) is 1.91. The fraction of sp³-hybridized carbons (Fsp3) is 0.333. The number of thioether (sulfide) groups is 1. The third kappa shape index (κ3) is 2.81. The number of ether oxygens (including phenoxy) is 1. The molecule has 3 rings (SSSR count). The minimum absolute atomic E-state index is 0.243. The van der Waals surface area contributed by atoms with Gasteiger partial charge in [0, 0.05) is 17.2 Å². The lowest BCUT2D eigenvalue weighted by molar-refractivity contribution is 0.210. The van der Waals surface area contributed by atoms with Gasteiger partial charge in [0.15, 0.2) is 23.6 Å². The maximum Gasteiger partial charge on any atom is 0.186 e. The lowest BCUT2D eigenvalue weighted by atomic mass is 10.3. The van der Waals surface area contributed by atoms with Crippen LogP contribution in [0.1, 0.15) is 24.5 Å². The lowest BCUT2D eigenvalue weighted by Crippen LogP contribution is -2.19. The number of aromatic nitrogens is 2. The fourth-order valence-corrected chi connectivity index (χ4v) is 3.14. The number of nitrogens with zero attached hydrogens (tertiary/aromatic N) is 2. The van der Waals surface area contributed by atoms with Crippen molar-refractivity contribution in [3.63, 3.8) is 0 Å². The first-order chi connectivity index (χ1) is 10.2. The Kier molecular flexibility index (Phi) is 3.96. The van der Waals surface area contributed by atoms with Crippen molar-refractivity contribution >= 4 is 17.6 Å². The van der Waals surface area contributed by atoms with Gasteiger partial charge in [-0.1, -0.05) is 12.1 Å². The first kappa shape index (κ1) is 14.1. The molecule has 1 atom stereocenters. The summed E-state index contributed by atoms with van der Waals surface area (Å²) in [5, 5.41) is 2.93. The number of hydrogen-bond donors (Lipinski definition) is 1. The Morgan fingerprint density at radius 2 is 2.19 bits per heavy atom. The van der Waals surface area contributed by atoms with E-state index in [1.54, 1.807) is 18.7 Å². The number of rotatable bonds is 3. The number of benzene rings is 1. The van der Waals surface area contributed by atoms with E-state index in [4.69, 9.17) is 4.74 Å². The van der Waals surface area contributed by atoms with Crippen molar-refractivity contribution in [2.24, 2.45) is 0 Å². The van der Waals surface area contributed by atoms with E-state index in [9.17, 15) is 4.39 Å². The van der Waals surface area contributed by atoms with Gasteiger partial charge in [-0.05, 0) is 26.0 Å². The van der Waals surface area contributed by atoms with Crippen LogP contribution in [0.15, 0.2) is 29.2 Å². The van der Waals surface area contributed by atoms with Crippen LogP contribution in [0.3, 0.4) is 0 Å². The van der Waals surface area contributed by atoms with Crippen LogP contribution in [0.5, 0.6) is 5.75 Å². The molecule has 0 amide bonds. The highest BCUT2D eigenvalue weighted by Gasteiger charge is 2.25. The molecule has 4 nitrogen and oxygen atoms in total. The van der Waals surface area contributed by atoms with Crippen LogP contribution in [0, 0.1) is 12.7 Å². The predicted molar refractivity (Wildman–Crippen MR) is 81.4 cm³/mol. The largest absolute Gasteiger partial charge is 0.480 e. The highest BCUT2D eigenvalue weighted by atomic mass is 32.2. The predicted octanol–water partition coefficient (Wildman–Crippen LogP) is 3.58. The van der Waals surface area contributed by atoms with Gasteiger partial charge in [-0.25, -0.2) is 14.4 Å². The minimum Gasteiger partial charge on any atom is -0.480 e. The Morgan fingerprint density at radius 3 is 3.00 bits per heavy atom. The summed E-state index contributed by atoms with van der Waals surface area (Å²) in [4.78, 5) is 9.64. The third-order valence-corrected chi connectivity index (χ3v) is 4.29. The molecule has 1 aliphatic rings. The van der Waals surface area contributed by atoms with Gasteiger partial charge in [0.05, 0.1) is 5.69 Å². The van der Waals surface area contributed by atoms with Gasteiger partial charge in [-0.2, -0.15) is 0 Å². The topological polar surface area (TPSA) is 47.0 Å². The maximum atomic E-state index is 13.9. The van der Waals surface area contributed by atoms with Crippen molar-refractivity contribution in [2.75, 3.05) is 17.6 Å². The molecule has 0 radical (unpaired) electrons. The standard InChI is InChI=1S/C15H16FN3OS/c1-3-17-15-13(16)9(2)18-14(19-15)11-8-21-12-7-5-4-6-10(12)20-11/h4-7,11H,3,8H2,1-2H3,(H,17,18,19). The average Bonchev–Trinajstić information content (AvgIpc) is 2.51. The molecule has 0 saturated heterocycles. The summed E-state index contributed by atoms with van der Waals surface area (Å²) in [6, 6.07) is 7.87. The molecule has 0 spiro atoms. The zero-order chi connectivity index (χ0) is 14.8. The van der Waals surface area contributed by atoms with Crippen LogP contribution < -0.4 is 10.1 Å². The Balaban J connectivity index is 1.91. The quantitative estimate of drug-likeness (QED) is 0.939. The van der Waals surface area contributed by atoms with Crippen LogP contribution in [-0.4, -0.2) is 22.3 Å². The zero-order valence-electron chi connectivity index (χ0n) is 11.9. The van der Waals surface area contributed by atoms with Gasteiger partial charge in [0.1, 0.15) is 5.75 Å². The molecule has 0 saturated carbocycles. The Bertz CT molecular complexity index is 665. The number of halogens is 1. The molecule has 0 aliphatic carbocycles. The smallest absolute Gasteiger partial charge is 0.186 e. The van der Waals surface area contributed by atoms with Crippen LogP contribution in [0.25, 0.3) is 0 Å². The van der Waals surface area contributed by atoms with Crippen molar-refractivity contribution in [1.29, 1.82) is 0 Å². The molecule has 2 aromatic rings. The zero-order valence-corrected chi connectivity index (χ0v) is 12.7. The second-order valence-electron chi connectivity index (χ2n) is 4.72. The number of fused-ring (bicyclic) bond motifs is 1. The van der Waals surface area contributed by atoms with Gasteiger partial charge < -0.3 is 10.1 Å². The van der Waals surface area contributed by atoms with Crippen molar-refractivity contribution in [2.45, 2.75) is 24.8 Å². The van der Waals surface area contributed by atoms with Gasteiger partial charge in [-0.3, -0.25) is 0 Å². The summed E-state index contributed by atoms with van der Waals surface area (Å²) < 4.78 is 19.9. The van der Waals surface area contributed by atoms with E-state index in [0.29, 0.717) is 23.8 Å². The van der Waals surface area contributed by atoms with Gasteiger partial charge in [-0.15, -0.1) is 11.8 Å². The molecular weight excluding hydrogens is 289 g/mol. The van der Waals surface area contributed by atoms with Gasteiger partial charge >= 0.3 is 0 Å². The molecule has 1 aliphatic heterocycles. The Hall–Kier alpha value is -1.82. The highest BCUT2D eigenvalue weighted by molar-refractivity contribution is 7.99. The molecule has 2 heterocycles. The third-order valence-electron chi connectivity index (χ3n) is 3.17. The molecule has 1 aromatic carbocycles. The van der Waals surface area contributed by atoms with E-state index in [2.05, 4.69) is 15.3 Å². The van der Waals surface area contributed by atoms with Crippen molar-refractivity contribution in [3.8, 4) is 5.75 Å². The molecule has 6 heteroatoms. The second-order valence-corrected chi connectivity index (χ2v) is 5.79. The Labute approximate surface area is 127 Å². The summed E-state index contributed by atoms with van der Waals surface area (Å²) >= 11 is 1.70. The normalized spacial score (nSPS) is 17.0. The van der Waals surface area contributed by atoms with E-state index in [0.717, 1.165) is 10.6 Å². The minimum atomic E-state index is -0.399. The SMILES string of the molecule is CCNc1nc(C2CSc3ccccc3O2)nc(C)c1F. The Morgan fingerprint density at radius 1 is 1.38 bits per heavy atom. The molecule has 0 fully saturated rings. The molecule has 21 heavy (non-hydrogen) atoms. The van der Waals surface area contributed by atoms with Crippen LogP contribution >= 0.6 is 11.8 Å². The number of anilines is 1. The summed E-state index contributed by atoms with van der Waals surface area (Å²) in [6.45, 7) is 4.15. The molecule has 1 N–H and O–H groups in total. The number of para-hydroxylation sites is 1. The van der Waals surface area contributed by atoms with Crippen molar-refractivity contribution in [1.82, 2.24) is 9.97 Å². The lowest BCUT2D eigenvalue weighted by Gasteiger charge is -2.25. The average molecular weight is 305 g/mol. The molecule has 1 aromatic heterocycles. The molecule has 0 bridgehead atoms. The number of aryl methyl sites for hydroxylation is 1.